The summed E-state index contributed by atoms with van der Waals surface area (Å²) in [5.41, 5.74) is 1.81. The van der Waals surface area contributed by atoms with Crippen LogP contribution in [-0.4, -0.2) is 12.1 Å². The molecule has 2 heteroatoms. The summed E-state index contributed by atoms with van der Waals surface area (Å²) in [4.78, 5) is 11.9. The topological polar surface area (TPSA) is 26.3 Å². The predicted octanol–water partition coefficient (Wildman–Crippen LogP) is 3.73. The predicted molar refractivity (Wildman–Crippen MR) is 68.0 cm³/mol. The van der Waals surface area contributed by atoms with Crippen molar-refractivity contribution in [3.8, 4) is 0 Å². The molecule has 0 radical (unpaired) electrons. The van der Waals surface area contributed by atoms with Crippen LogP contribution in [0.5, 0.6) is 0 Å². The number of hydrogen-bond donors (Lipinski definition) is 0. The fourth-order valence-electron chi connectivity index (χ4n) is 2.45. The van der Waals surface area contributed by atoms with Gasteiger partial charge in [-0.3, -0.25) is 0 Å². The highest BCUT2D eigenvalue weighted by Crippen LogP contribution is 2.29. The van der Waals surface area contributed by atoms with Crippen LogP contribution < -0.4 is 0 Å². The van der Waals surface area contributed by atoms with E-state index < -0.39 is 0 Å². The number of benzene rings is 1. The average molecular weight is 232 g/mol. The Kier molecular flexibility index (Phi) is 3.82. The number of rotatable bonds is 3. The first-order valence-corrected chi connectivity index (χ1v) is 6.44. The van der Waals surface area contributed by atoms with Crippen LogP contribution in [0, 0.1) is 12.8 Å². The van der Waals surface area contributed by atoms with E-state index in [0.717, 1.165) is 5.56 Å². The van der Waals surface area contributed by atoms with Gasteiger partial charge < -0.3 is 4.74 Å². The molecule has 0 aromatic heterocycles. The number of ether oxygens (including phenoxy) is 1. The van der Waals surface area contributed by atoms with E-state index >= 15 is 0 Å². The molecule has 17 heavy (non-hydrogen) atoms. The summed E-state index contributed by atoms with van der Waals surface area (Å²) in [5, 5.41) is 0. The van der Waals surface area contributed by atoms with Gasteiger partial charge in [-0.25, -0.2) is 4.79 Å². The largest absolute Gasteiger partial charge is 0.459 e. The van der Waals surface area contributed by atoms with Crippen LogP contribution in [0.1, 0.15) is 48.5 Å². The molecule has 1 aliphatic rings. The number of carbonyl (C=O) groups excluding carboxylic acids is 1. The molecule has 2 rings (SSSR count). The summed E-state index contributed by atoms with van der Waals surface area (Å²) in [7, 11) is 0. The first kappa shape index (κ1) is 12.2. The van der Waals surface area contributed by atoms with E-state index in [2.05, 4.69) is 0 Å². The molecule has 0 saturated heterocycles. The van der Waals surface area contributed by atoms with Crippen LogP contribution in [0.15, 0.2) is 24.3 Å². The van der Waals surface area contributed by atoms with Crippen LogP contribution in [0.4, 0.5) is 0 Å². The van der Waals surface area contributed by atoms with Gasteiger partial charge in [0.1, 0.15) is 6.10 Å². The van der Waals surface area contributed by atoms with Crippen LogP contribution >= 0.6 is 0 Å². The molecular weight excluding hydrogens is 212 g/mol. The fourth-order valence-corrected chi connectivity index (χ4v) is 2.45. The van der Waals surface area contributed by atoms with Gasteiger partial charge in [-0.15, -0.1) is 0 Å². The molecule has 0 aliphatic heterocycles. The molecular formula is C15H20O2. The maximum Gasteiger partial charge on any atom is 0.338 e. The first-order chi connectivity index (χ1) is 8.16. The second-order valence-electron chi connectivity index (χ2n) is 5.02. The Bertz CT molecular complexity index is 374. The smallest absolute Gasteiger partial charge is 0.338 e. The Balaban J connectivity index is 1.94. The van der Waals surface area contributed by atoms with E-state index in [1.807, 2.05) is 38.1 Å². The summed E-state index contributed by atoms with van der Waals surface area (Å²) >= 11 is 0. The third-order valence-corrected chi connectivity index (χ3v) is 3.64. The van der Waals surface area contributed by atoms with Gasteiger partial charge in [0, 0.05) is 0 Å². The zero-order valence-electron chi connectivity index (χ0n) is 10.6. The molecule has 0 bridgehead atoms. The lowest BCUT2D eigenvalue weighted by atomic mass is 10.0. The Hall–Kier alpha value is -1.31. The van der Waals surface area contributed by atoms with Gasteiger partial charge in [-0.05, 0) is 44.7 Å². The van der Waals surface area contributed by atoms with Gasteiger partial charge in [0.15, 0.2) is 0 Å². The first-order valence-electron chi connectivity index (χ1n) is 6.44. The summed E-state index contributed by atoms with van der Waals surface area (Å²) in [6.07, 6.45) is 4.99. The monoisotopic (exact) mass is 232 g/mol. The van der Waals surface area contributed by atoms with Crippen molar-refractivity contribution in [1.29, 1.82) is 0 Å². The Labute approximate surface area is 103 Å². The maximum atomic E-state index is 11.9. The molecule has 1 fully saturated rings. The summed E-state index contributed by atoms with van der Waals surface area (Å²) in [6, 6.07) is 7.55. The van der Waals surface area contributed by atoms with E-state index in [1.165, 1.54) is 25.7 Å². The number of esters is 1. The van der Waals surface area contributed by atoms with E-state index in [-0.39, 0.29) is 12.1 Å². The van der Waals surface area contributed by atoms with E-state index in [0.29, 0.717) is 11.5 Å². The van der Waals surface area contributed by atoms with Gasteiger partial charge in [0.25, 0.3) is 0 Å². The molecule has 0 N–H and O–H groups in total. The van der Waals surface area contributed by atoms with Gasteiger partial charge in [-0.1, -0.05) is 30.5 Å². The van der Waals surface area contributed by atoms with Crippen LogP contribution in [0.2, 0.25) is 0 Å². The number of hydrogen-bond acceptors (Lipinski definition) is 2. The van der Waals surface area contributed by atoms with Crippen LogP contribution in [0.3, 0.4) is 0 Å². The van der Waals surface area contributed by atoms with Crippen LogP contribution in [-0.2, 0) is 4.74 Å². The van der Waals surface area contributed by atoms with Crippen LogP contribution in [0.25, 0.3) is 0 Å². The quantitative estimate of drug-likeness (QED) is 0.742. The molecule has 1 saturated carbocycles. The molecule has 0 heterocycles. The molecule has 0 amide bonds. The van der Waals surface area contributed by atoms with E-state index in [1.54, 1.807) is 0 Å². The van der Waals surface area contributed by atoms with Crippen molar-refractivity contribution >= 4 is 5.97 Å². The zero-order valence-corrected chi connectivity index (χ0v) is 10.6. The Morgan fingerprint density at radius 1 is 1.24 bits per heavy atom. The zero-order chi connectivity index (χ0) is 12.3. The molecule has 1 aromatic carbocycles. The second-order valence-corrected chi connectivity index (χ2v) is 5.02. The van der Waals surface area contributed by atoms with Crippen molar-refractivity contribution in [2.45, 2.75) is 45.6 Å². The molecule has 1 unspecified atom stereocenters. The van der Waals surface area contributed by atoms with Crippen molar-refractivity contribution < 1.29 is 9.53 Å². The SMILES string of the molecule is Cc1ccc(C(=O)OC(C)C2CCCC2)cc1. The average Bonchev–Trinajstić information content (AvgIpc) is 2.83. The molecule has 1 atom stereocenters. The Morgan fingerprint density at radius 3 is 2.41 bits per heavy atom. The highest BCUT2D eigenvalue weighted by atomic mass is 16.5. The molecule has 1 aromatic rings. The van der Waals surface area contributed by atoms with E-state index in [9.17, 15) is 4.79 Å². The van der Waals surface area contributed by atoms with Crippen molar-refractivity contribution in [3.63, 3.8) is 0 Å². The van der Waals surface area contributed by atoms with Crippen molar-refractivity contribution in [1.82, 2.24) is 0 Å². The third-order valence-electron chi connectivity index (χ3n) is 3.64. The maximum absolute atomic E-state index is 11.9. The van der Waals surface area contributed by atoms with Crippen molar-refractivity contribution in [2.24, 2.45) is 5.92 Å². The highest BCUT2D eigenvalue weighted by molar-refractivity contribution is 5.89. The summed E-state index contributed by atoms with van der Waals surface area (Å²) in [5.74, 6) is 0.369. The number of aryl methyl sites for hydroxylation is 1. The summed E-state index contributed by atoms with van der Waals surface area (Å²) in [6.45, 7) is 4.03. The minimum absolute atomic E-state index is 0.0475. The lowest BCUT2D eigenvalue weighted by molar-refractivity contribution is 0.0204. The third kappa shape index (κ3) is 3.09. The minimum Gasteiger partial charge on any atom is -0.459 e. The van der Waals surface area contributed by atoms with Crippen molar-refractivity contribution in [3.05, 3.63) is 35.4 Å². The normalized spacial score (nSPS) is 18.0. The molecule has 2 nitrogen and oxygen atoms in total. The van der Waals surface area contributed by atoms with Gasteiger partial charge >= 0.3 is 5.97 Å². The van der Waals surface area contributed by atoms with Gasteiger partial charge in [-0.2, -0.15) is 0 Å². The fraction of sp³-hybridized carbons (Fsp3) is 0.533. The van der Waals surface area contributed by atoms with E-state index in [4.69, 9.17) is 4.74 Å². The second kappa shape index (κ2) is 5.35. The minimum atomic E-state index is -0.190. The molecule has 1 aliphatic carbocycles. The highest BCUT2D eigenvalue weighted by Gasteiger charge is 2.24. The van der Waals surface area contributed by atoms with Crippen molar-refractivity contribution in [2.75, 3.05) is 0 Å². The van der Waals surface area contributed by atoms with Gasteiger partial charge in [0.05, 0.1) is 5.56 Å². The lowest BCUT2D eigenvalue weighted by Crippen LogP contribution is -2.22. The standard InChI is InChI=1S/C15H20O2/c1-11-7-9-14(10-8-11)15(16)17-12(2)13-5-3-4-6-13/h7-10,12-13H,3-6H2,1-2H3. The Morgan fingerprint density at radius 2 is 1.82 bits per heavy atom. The molecule has 92 valence electrons. The lowest BCUT2D eigenvalue weighted by Gasteiger charge is -2.19. The number of carbonyl (C=O) groups is 1. The summed E-state index contributed by atoms with van der Waals surface area (Å²) < 4.78 is 5.52. The van der Waals surface area contributed by atoms with Gasteiger partial charge in [0.2, 0.25) is 0 Å². The molecule has 0 spiro atoms.